The van der Waals surface area contributed by atoms with Crippen molar-refractivity contribution in [1.29, 1.82) is 0 Å². The Morgan fingerprint density at radius 3 is 2.96 bits per heavy atom. The monoisotopic (exact) mass is 392 g/mol. The predicted octanol–water partition coefficient (Wildman–Crippen LogP) is 4.50. The second kappa shape index (κ2) is 8.44. The first-order valence-corrected chi connectivity index (χ1v) is 10.4. The van der Waals surface area contributed by atoms with E-state index in [4.69, 9.17) is 11.6 Å². The third-order valence-electron chi connectivity index (χ3n) is 4.96. The molecule has 7 heteroatoms. The van der Waals surface area contributed by atoms with Crippen LogP contribution in [-0.2, 0) is 4.79 Å². The minimum atomic E-state index is -0.203. The van der Waals surface area contributed by atoms with Gasteiger partial charge in [-0.25, -0.2) is 0 Å². The smallest absolute Gasteiger partial charge is 0.236 e. The van der Waals surface area contributed by atoms with Crippen molar-refractivity contribution < 1.29 is 4.79 Å². The number of amides is 1. The number of carbonyl (C=O) groups is 1. The van der Waals surface area contributed by atoms with Gasteiger partial charge in [0.1, 0.15) is 6.33 Å². The van der Waals surface area contributed by atoms with Gasteiger partial charge >= 0.3 is 0 Å². The van der Waals surface area contributed by atoms with Gasteiger partial charge in [0.25, 0.3) is 0 Å². The average molecular weight is 393 g/mol. The normalized spacial score (nSPS) is 18.8. The maximum atomic E-state index is 13.0. The van der Waals surface area contributed by atoms with Gasteiger partial charge in [-0.2, -0.15) is 0 Å². The van der Waals surface area contributed by atoms with Crippen LogP contribution in [-0.4, -0.2) is 43.4 Å². The summed E-state index contributed by atoms with van der Waals surface area (Å²) in [5.74, 6) is 0.193. The van der Waals surface area contributed by atoms with E-state index in [2.05, 4.69) is 22.0 Å². The van der Waals surface area contributed by atoms with Crippen LogP contribution >= 0.6 is 23.4 Å². The lowest BCUT2D eigenvalue weighted by molar-refractivity contribution is -0.134. The molecule has 5 nitrogen and oxygen atoms in total. The van der Waals surface area contributed by atoms with Gasteiger partial charge in [0.05, 0.1) is 10.9 Å². The molecule has 1 amide bonds. The number of likely N-dealkylation sites (tertiary alicyclic amines) is 1. The molecule has 1 saturated heterocycles. The molecule has 2 heterocycles. The lowest BCUT2D eigenvalue weighted by atomic mass is 10.00. The van der Waals surface area contributed by atoms with E-state index in [0.29, 0.717) is 16.2 Å². The Balaban J connectivity index is 1.76. The van der Waals surface area contributed by atoms with Crippen LogP contribution in [0.4, 0.5) is 0 Å². The van der Waals surface area contributed by atoms with E-state index in [1.54, 1.807) is 6.33 Å². The summed E-state index contributed by atoms with van der Waals surface area (Å²) < 4.78 is 1.88. The first-order valence-electron chi connectivity index (χ1n) is 9.15. The minimum Gasteiger partial charge on any atom is -0.339 e. The van der Waals surface area contributed by atoms with Gasteiger partial charge in [0, 0.05) is 17.6 Å². The van der Waals surface area contributed by atoms with Gasteiger partial charge in [-0.3, -0.25) is 9.36 Å². The van der Waals surface area contributed by atoms with E-state index < -0.39 is 0 Å². The van der Waals surface area contributed by atoms with Crippen LogP contribution in [0.1, 0.15) is 45.1 Å². The van der Waals surface area contributed by atoms with E-state index in [1.165, 1.54) is 18.2 Å². The Hall–Kier alpha value is -1.53. The fourth-order valence-corrected chi connectivity index (χ4v) is 4.46. The van der Waals surface area contributed by atoms with Crippen LogP contribution in [0.5, 0.6) is 0 Å². The van der Waals surface area contributed by atoms with Crippen LogP contribution in [0, 0.1) is 6.92 Å². The molecule has 1 aliphatic rings. The molecule has 1 aromatic carbocycles. The highest BCUT2D eigenvalue weighted by molar-refractivity contribution is 8.00. The Morgan fingerprint density at radius 1 is 1.42 bits per heavy atom. The van der Waals surface area contributed by atoms with Gasteiger partial charge in [0.15, 0.2) is 5.16 Å². The van der Waals surface area contributed by atoms with Gasteiger partial charge < -0.3 is 4.90 Å². The van der Waals surface area contributed by atoms with Crippen molar-refractivity contribution in [1.82, 2.24) is 19.7 Å². The number of halogens is 1. The number of piperidine rings is 1. The summed E-state index contributed by atoms with van der Waals surface area (Å²) >= 11 is 7.70. The molecule has 0 radical (unpaired) electrons. The molecule has 26 heavy (non-hydrogen) atoms. The number of hydrogen-bond acceptors (Lipinski definition) is 4. The number of carbonyl (C=O) groups excluding carboxylic acids is 1. The number of nitrogens with zero attached hydrogens (tertiary/aromatic N) is 4. The highest BCUT2D eigenvalue weighted by Gasteiger charge is 2.29. The number of aryl methyl sites for hydroxylation is 1. The summed E-state index contributed by atoms with van der Waals surface area (Å²) in [5.41, 5.74) is 1.93. The highest BCUT2D eigenvalue weighted by atomic mass is 35.5. The molecule has 1 aliphatic heterocycles. The van der Waals surface area contributed by atoms with Crippen molar-refractivity contribution in [3.8, 4) is 5.69 Å². The maximum absolute atomic E-state index is 13.0. The summed E-state index contributed by atoms with van der Waals surface area (Å²) in [6.45, 7) is 6.95. The third-order valence-corrected chi connectivity index (χ3v) is 6.41. The fraction of sp³-hybridized carbons (Fsp3) is 0.526. The quantitative estimate of drug-likeness (QED) is 0.703. The summed E-state index contributed by atoms with van der Waals surface area (Å²) in [4.78, 5) is 15.0. The SMILES string of the molecule is CCC1CCCCN1C(=O)C(C)Sc1nncn1-c1ccc(C)c(Cl)c1. The van der Waals surface area contributed by atoms with Gasteiger partial charge in [-0.15, -0.1) is 10.2 Å². The highest BCUT2D eigenvalue weighted by Crippen LogP contribution is 2.29. The first-order chi connectivity index (χ1) is 12.5. The summed E-state index contributed by atoms with van der Waals surface area (Å²) in [6.07, 6.45) is 6.10. The molecule has 0 bridgehead atoms. The molecular weight excluding hydrogens is 368 g/mol. The molecule has 1 fully saturated rings. The van der Waals surface area contributed by atoms with Crippen molar-refractivity contribution >= 4 is 29.3 Å². The van der Waals surface area contributed by atoms with Crippen LogP contribution in [0.15, 0.2) is 29.7 Å². The molecule has 1 aromatic heterocycles. The minimum absolute atomic E-state index is 0.193. The number of hydrogen-bond donors (Lipinski definition) is 0. The van der Waals surface area contributed by atoms with Crippen molar-refractivity contribution in [3.63, 3.8) is 0 Å². The molecule has 2 aromatic rings. The Morgan fingerprint density at radius 2 is 2.23 bits per heavy atom. The van der Waals surface area contributed by atoms with Crippen molar-refractivity contribution in [2.75, 3.05) is 6.54 Å². The van der Waals surface area contributed by atoms with Crippen LogP contribution < -0.4 is 0 Å². The predicted molar refractivity (Wildman–Crippen MR) is 106 cm³/mol. The topological polar surface area (TPSA) is 51.0 Å². The first kappa shape index (κ1) is 19.2. The Bertz CT molecular complexity index is 779. The van der Waals surface area contributed by atoms with E-state index in [9.17, 15) is 4.79 Å². The molecule has 0 spiro atoms. The molecule has 0 saturated carbocycles. The van der Waals surface area contributed by atoms with Gasteiger partial charge in [-0.05, 0) is 57.2 Å². The van der Waals surface area contributed by atoms with E-state index in [0.717, 1.165) is 37.1 Å². The summed E-state index contributed by atoms with van der Waals surface area (Å²) in [6, 6.07) is 6.22. The second-order valence-electron chi connectivity index (χ2n) is 6.77. The third kappa shape index (κ3) is 4.07. The van der Waals surface area contributed by atoms with Crippen molar-refractivity contribution in [2.45, 2.75) is 62.9 Å². The van der Waals surface area contributed by atoms with E-state index in [-0.39, 0.29) is 11.2 Å². The second-order valence-corrected chi connectivity index (χ2v) is 8.48. The van der Waals surface area contributed by atoms with Crippen LogP contribution in [0.25, 0.3) is 5.69 Å². The van der Waals surface area contributed by atoms with E-state index >= 15 is 0 Å². The molecular formula is C19H25ClN4OS. The standard InChI is InChI=1S/C19H25ClN4OS/c1-4-15-7-5-6-10-23(15)18(25)14(3)26-19-22-21-12-24(19)16-9-8-13(2)17(20)11-16/h8-9,11-12,14-15H,4-7,10H2,1-3H3. The van der Waals surface area contributed by atoms with Crippen LogP contribution in [0.2, 0.25) is 5.02 Å². The maximum Gasteiger partial charge on any atom is 0.236 e. The van der Waals surface area contributed by atoms with Crippen LogP contribution in [0.3, 0.4) is 0 Å². The molecule has 2 atom stereocenters. The number of aromatic nitrogens is 3. The largest absolute Gasteiger partial charge is 0.339 e. The van der Waals surface area contributed by atoms with Crippen molar-refractivity contribution in [2.24, 2.45) is 0 Å². The number of rotatable bonds is 5. The lowest BCUT2D eigenvalue weighted by Crippen LogP contribution is -2.46. The zero-order chi connectivity index (χ0) is 18.7. The average Bonchev–Trinajstić information content (AvgIpc) is 3.11. The van der Waals surface area contributed by atoms with E-state index in [1.807, 2.05) is 36.6 Å². The van der Waals surface area contributed by atoms with Gasteiger partial charge in [-0.1, -0.05) is 36.4 Å². The molecule has 140 valence electrons. The number of thioether (sulfide) groups is 1. The Kier molecular flexibility index (Phi) is 6.24. The molecule has 2 unspecified atom stereocenters. The summed E-state index contributed by atoms with van der Waals surface area (Å²) in [7, 11) is 0. The van der Waals surface area contributed by atoms with Gasteiger partial charge in [0.2, 0.25) is 5.91 Å². The lowest BCUT2D eigenvalue weighted by Gasteiger charge is -2.36. The molecule has 0 aliphatic carbocycles. The zero-order valence-corrected chi connectivity index (χ0v) is 17.1. The van der Waals surface area contributed by atoms with Crippen molar-refractivity contribution in [3.05, 3.63) is 35.1 Å². The fourth-order valence-electron chi connectivity index (χ4n) is 3.37. The summed E-state index contributed by atoms with van der Waals surface area (Å²) in [5, 5.41) is 9.45. The zero-order valence-electron chi connectivity index (χ0n) is 15.5. The molecule has 3 rings (SSSR count). The number of benzene rings is 1. The Labute approximate surface area is 164 Å². The molecule has 0 N–H and O–H groups in total.